The van der Waals surface area contributed by atoms with E-state index in [0.717, 1.165) is 12.1 Å². The summed E-state index contributed by atoms with van der Waals surface area (Å²) in [7, 11) is 0. The van der Waals surface area contributed by atoms with Crippen molar-refractivity contribution in [1.29, 1.82) is 0 Å². The molecule has 40 heavy (non-hydrogen) atoms. The van der Waals surface area contributed by atoms with Crippen LogP contribution in [-0.4, -0.2) is 22.9 Å². The molecule has 0 fully saturated rings. The first kappa shape index (κ1) is 29.1. The monoisotopic (exact) mass is 575 g/mol. The molecule has 1 amide bonds. The lowest BCUT2D eigenvalue weighted by Crippen LogP contribution is -2.12. The van der Waals surface area contributed by atoms with Crippen LogP contribution in [0.25, 0.3) is 11.1 Å². The van der Waals surface area contributed by atoms with Gasteiger partial charge in [-0.2, -0.15) is 13.2 Å². The summed E-state index contributed by atoms with van der Waals surface area (Å²) in [6.07, 6.45) is -2.51. The Morgan fingerprint density at radius 2 is 1.75 bits per heavy atom. The molecule has 4 rings (SSSR count). The predicted molar refractivity (Wildman–Crippen MR) is 145 cm³/mol. The van der Waals surface area contributed by atoms with E-state index in [0.29, 0.717) is 48.3 Å². The van der Waals surface area contributed by atoms with E-state index in [1.54, 1.807) is 12.1 Å². The first-order valence-corrected chi connectivity index (χ1v) is 13.1. The van der Waals surface area contributed by atoms with Crippen LogP contribution < -0.4 is 10.1 Å². The van der Waals surface area contributed by atoms with Gasteiger partial charge in [0, 0.05) is 29.1 Å². The number of carboxylic acids is 1. The Bertz CT molecular complexity index is 1450. The second-order valence-corrected chi connectivity index (χ2v) is 9.72. The van der Waals surface area contributed by atoms with Gasteiger partial charge in [-0.05, 0) is 84.9 Å². The van der Waals surface area contributed by atoms with Gasteiger partial charge in [0.2, 0.25) is 5.91 Å². The molecule has 0 heterocycles. The van der Waals surface area contributed by atoms with E-state index >= 15 is 0 Å². The zero-order chi connectivity index (χ0) is 28.9. The number of allylic oxidation sites excluding steroid dienone is 2. The maximum atomic E-state index is 14.2. The molecule has 0 saturated heterocycles. The zero-order valence-electron chi connectivity index (χ0n) is 21.3. The normalized spacial score (nSPS) is 13.4. The number of rotatable bonds is 10. The highest BCUT2D eigenvalue weighted by molar-refractivity contribution is 6.18. The van der Waals surface area contributed by atoms with Crippen LogP contribution in [0.15, 0.2) is 60.7 Å². The Hall–Kier alpha value is -3.85. The van der Waals surface area contributed by atoms with Crippen molar-refractivity contribution < 1.29 is 37.0 Å². The maximum absolute atomic E-state index is 14.2. The highest BCUT2D eigenvalue weighted by Gasteiger charge is 2.32. The fourth-order valence-electron chi connectivity index (χ4n) is 4.65. The zero-order valence-corrected chi connectivity index (χ0v) is 22.0. The highest BCUT2D eigenvalue weighted by Crippen LogP contribution is 2.45. The number of anilines is 1. The number of nitrogens with one attached hydrogen (secondary N) is 1. The first-order valence-electron chi connectivity index (χ1n) is 12.6. The summed E-state index contributed by atoms with van der Waals surface area (Å²) in [6.45, 7) is -0.194. The molecule has 10 heteroatoms. The predicted octanol–water partition coefficient (Wildman–Crippen LogP) is 8.17. The molecule has 0 radical (unpaired) electrons. The maximum Gasteiger partial charge on any atom is 0.416 e. The molecule has 1 aliphatic rings. The molecule has 5 nitrogen and oxygen atoms in total. The van der Waals surface area contributed by atoms with E-state index in [9.17, 15) is 32.3 Å². The number of amides is 1. The van der Waals surface area contributed by atoms with E-state index in [4.69, 9.17) is 16.3 Å². The van der Waals surface area contributed by atoms with Gasteiger partial charge in [-0.1, -0.05) is 18.2 Å². The molecule has 1 aliphatic carbocycles. The summed E-state index contributed by atoms with van der Waals surface area (Å²) in [5, 5.41) is 12.4. The summed E-state index contributed by atoms with van der Waals surface area (Å²) in [6, 6.07) is 13.5. The molecule has 2 N–H and O–H groups in total. The van der Waals surface area contributed by atoms with Gasteiger partial charge in [-0.15, -0.1) is 11.6 Å². The summed E-state index contributed by atoms with van der Waals surface area (Å²) in [5.74, 6) is -1.61. The number of aromatic carboxylic acids is 1. The lowest BCUT2D eigenvalue weighted by atomic mass is 9.93. The quantitative estimate of drug-likeness (QED) is 0.189. The van der Waals surface area contributed by atoms with E-state index in [2.05, 4.69) is 5.32 Å². The number of halogens is 5. The topological polar surface area (TPSA) is 75.6 Å². The van der Waals surface area contributed by atoms with E-state index in [1.807, 2.05) is 0 Å². The van der Waals surface area contributed by atoms with E-state index in [-0.39, 0.29) is 47.1 Å². The van der Waals surface area contributed by atoms with Crippen LogP contribution >= 0.6 is 11.6 Å². The Balaban J connectivity index is 1.79. The van der Waals surface area contributed by atoms with Crippen LogP contribution in [0.3, 0.4) is 0 Å². The molecule has 3 aromatic rings. The van der Waals surface area contributed by atoms with Gasteiger partial charge in [0.1, 0.15) is 18.2 Å². The van der Waals surface area contributed by atoms with E-state index in [1.165, 1.54) is 36.4 Å². The number of carbonyl (C=O) groups is 2. The number of hydrogen-bond donors (Lipinski definition) is 2. The van der Waals surface area contributed by atoms with Crippen molar-refractivity contribution in [3.05, 3.63) is 94.3 Å². The third-order valence-corrected chi connectivity index (χ3v) is 6.81. The molecular weight excluding hydrogens is 550 g/mol. The number of carboxylic acid groups (broad SMARTS) is 1. The summed E-state index contributed by atoms with van der Waals surface area (Å²) in [5.41, 5.74) is 1.44. The van der Waals surface area contributed by atoms with Crippen molar-refractivity contribution in [2.24, 2.45) is 0 Å². The van der Waals surface area contributed by atoms with Crippen LogP contribution in [-0.2, 0) is 17.6 Å². The molecule has 0 spiro atoms. The van der Waals surface area contributed by atoms with Crippen LogP contribution in [0.4, 0.5) is 23.2 Å². The van der Waals surface area contributed by atoms with Crippen molar-refractivity contribution in [3.63, 3.8) is 0 Å². The van der Waals surface area contributed by atoms with Gasteiger partial charge in [-0.3, -0.25) is 4.79 Å². The fraction of sp³-hybridized carbons (Fsp3) is 0.267. The average Bonchev–Trinajstić information content (AvgIpc) is 3.40. The molecule has 0 aromatic heterocycles. The van der Waals surface area contributed by atoms with Gasteiger partial charge >= 0.3 is 12.1 Å². The van der Waals surface area contributed by atoms with Crippen molar-refractivity contribution in [2.75, 3.05) is 11.2 Å². The SMILES string of the molecule is O=C(CCCCl)Nc1cc(C(=O)O)cc(C2=C(c3cc(C(F)(F)F)ccc3OCc3ccccc3F)CCC2)c1. The van der Waals surface area contributed by atoms with E-state index < -0.39 is 23.5 Å². The lowest BCUT2D eigenvalue weighted by molar-refractivity contribution is -0.137. The van der Waals surface area contributed by atoms with Crippen LogP contribution in [0.2, 0.25) is 0 Å². The largest absolute Gasteiger partial charge is 0.488 e. The minimum absolute atomic E-state index is 0.0797. The molecule has 3 aromatic carbocycles. The summed E-state index contributed by atoms with van der Waals surface area (Å²) >= 11 is 5.65. The second-order valence-electron chi connectivity index (χ2n) is 9.34. The summed E-state index contributed by atoms with van der Waals surface area (Å²) < 4.78 is 61.1. The molecule has 0 atom stereocenters. The Kier molecular flexibility index (Phi) is 9.14. The molecule has 0 bridgehead atoms. The minimum atomic E-state index is -4.61. The number of alkyl halides is 4. The van der Waals surface area contributed by atoms with Crippen molar-refractivity contribution in [3.8, 4) is 5.75 Å². The molecular formula is C30H26ClF4NO4. The summed E-state index contributed by atoms with van der Waals surface area (Å²) in [4.78, 5) is 24.1. The standard InChI is InChI=1S/C30H26ClF4NO4/c31-12-4-9-28(37)36-22-14-19(13-20(15-22)29(38)39)23-6-3-7-24(23)25-16-21(30(33,34)35)10-11-27(25)40-17-18-5-1-2-8-26(18)32/h1-2,5,8,10-11,13-16H,3-4,6-7,9,12,17H2,(H,36,37)(H,38,39). The highest BCUT2D eigenvalue weighted by atomic mass is 35.5. The molecule has 210 valence electrons. The third-order valence-electron chi connectivity index (χ3n) is 6.54. The first-order chi connectivity index (χ1) is 19.1. The minimum Gasteiger partial charge on any atom is -0.488 e. The lowest BCUT2D eigenvalue weighted by Gasteiger charge is -2.18. The van der Waals surface area contributed by atoms with Crippen LogP contribution in [0.1, 0.15) is 64.7 Å². The third kappa shape index (κ3) is 7.01. The average molecular weight is 576 g/mol. The van der Waals surface area contributed by atoms with Gasteiger partial charge in [0.25, 0.3) is 0 Å². The second kappa shape index (κ2) is 12.6. The van der Waals surface area contributed by atoms with Crippen molar-refractivity contribution in [2.45, 2.75) is 44.9 Å². The van der Waals surface area contributed by atoms with Gasteiger partial charge in [0.15, 0.2) is 0 Å². The smallest absolute Gasteiger partial charge is 0.416 e. The van der Waals surface area contributed by atoms with Crippen LogP contribution in [0, 0.1) is 5.82 Å². The molecule has 0 unspecified atom stereocenters. The van der Waals surface area contributed by atoms with Gasteiger partial charge in [-0.25, -0.2) is 9.18 Å². The van der Waals surface area contributed by atoms with Crippen LogP contribution in [0.5, 0.6) is 5.75 Å². The van der Waals surface area contributed by atoms with Gasteiger partial charge in [0.05, 0.1) is 11.1 Å². The Morgan fingerprint density at radius 1 is 1.00 bits per heavy atom. The molecule has 0 aliphatic heterocycles. The number of carbonyl (C=O) groups excluding carboxylic acids is 1. The number of benzene rings is 3. The van der Waals surface area contributed by atoms with Crippen molar-refractivity contribution >= 4 is 40.3 Å². The van der Waals surface area contributed by atoms with Crippen molar-refractivity contribution in [1.82, 2.24) is 0 Å². The Labute approximate surface area is 233 Å². The number of ether oxygens (including phenoxy) is 1. The fourth-order valence-corrected chi connectivity index (χ4v) is 4.78. The number of hydrogen-bond acceptors (Lipinski definition) is 3. The Morgan fingerprint density at radius 3 is 2.45 bits per heavy atom. The van der Waals surface area contributed by atoms with Gasteiger partial charge < -0.3 is 15.2 Å². The molecule has 0 saturated carbocycles.